The van der Waals surface area contributed by atoms with Crippen molar-refractivity contribution in [1.29, 1.82) is 0 Å². The van der Waals surface area contributed by atoms with Crippen LogP contribution in [0.4, 0.5) is 4.39 Å². The molecule has 0 bridgehead atoms. The fourth-order valence-corrected chi connectivity index (χ4v) is 1.58. The molecule has 1 rings (SSSR count). The summed E-state index contributed by atoms with van der Waals surface area (Å²) in [6.07, 6.45) is 1.01. The van der Waals surface area contributed by atoms with Crippen molar-refractivity contribution in [2.75, 3.05) is 5.88 Å². The second-order valence-electron chi connectivity index (χ2n) is 3.60. The minimum atomic E-state index is -0.316. The number of halogens is 2. The Hall–Kier alpha value is -1.09. The molecule has 0 aliphatic heterocycles. The van der Waals surface area contributed by atoms with Gasteiger partial charge >= 0.3 is 0 Å². The Labute approximate surface area is 99.8 Å². The Morgan fingerprint density at radius 2 is 2.19 bits per heavy atom. The fraction of sp³-hybridized carbons (Fsp3) is 0.417. The predicted octanol–water partition coefficient (Wildman–Crippen LogP) is 3.02. The van der Waals surface area contributed by atoms with E-state index < -0.39 is 0 Å². The van der Waals surface area contributed by atoms with Gasteiger partial charge in [0.25, 0.3) is 0 Å². The molecule has 0 spiro atoms. The van der Waals surface area contributed by atoms with Crippen LogP contribution in [0.25, 0.3) is 0 Å². The molecule has 0 aliphatic rings. The smallest absolute Gasteiger partial charge is 0.220 e. The number of amides is 1. The lowest BCUT2D eigenvalue weighted by Crippen LogP contribution is -2.26. The number of nitrogens with one attached hydrogen (secondary N) is 1. The molecular weight excluding hydrogens is 229 g/mol. The molecule has 0 aliphatic carbocycles. The summed E-state index contributed by atoms with van der Waals surface area (Å²) in [6.45, 7) is 1.76. The van der Waals surface area contributed by atoms with E-state index in [4.69, 9.17) is 11.6 Å². The normalized spacial score (nSPS) is 12.2. The number of rotatable bonds is 5. The van der Waals surface area contributed by atoms with Gasteiger partial charge in [-0.2, -0.15) is 0 Å². The predicted molar refractivity (Wildman–Crippen MR) is 62.9 cm³/mol. The molecule has 0 heterocycles. The zero-order chi connectivity index (χ0) is 12.0. The first-order valence-corrected chi connectivity index (χ1v) is 5.78. The number of alkyl halides is 1. The number of hydrogen-bond acceptors (Lipinski definition) is 1. The standard InChI is InChI=1S/C12H15ClFNO/c1-9(15-12(16)7-4-8-13)10-5-2-3-6-11(10)14/h2-3,5-6,9H,4,7-8H2,1H3,(H,15,16). The van der Waals surface area contributed by atoms with Crippen molar-refractivity contribution in [3.63, 3.8) is 0 Å². The van der Waals surface area contributed by atoms with Crippen molar-refractivity contribution >= 4 is 17.5 Å². The first-order chi connectivity index (χ1) is 7.65. The van der Waals surface area contributed by atoms with Gasteiger partial charge in [0, 0.05) is 17.9 Å². The highest BCUT2D eigenvalue weighted by atomic mass is 35.5. The molecule has 0 saturated carbocycles. The van der Waals surface area contributed by atoms with E-state index in [0.29, 0.717) is 24.3 Å². The molecular formula is C12H15ClFNO. The highest BCUT2D eigenvalue weighted by Crippen LogP contribution is 2.16. The molecule has 1 aromatic rings. The van der Waals surface area contributed by atoms with Gasteiger partial charge in [0.15, 0.2) is 0 Å². The molecule has 1 N–H and O–H groups in total. The van der Waals surface area contributed by atoms with Gasteiger partial charge in [-0.15, -0.1) is 11.6 Å². The van der Waals surface area contributed by atoms with Crippen molar-refractivity contribution in [1.82, 2.24) is 5.32 Å². The zero-order valence-corrected chi connectivity index (χ0v) is 9.93. The van der Waals surface area contributed by atoms with E-state index in [0.717, 1.165) is 0 Å². The molecule has 1 unspecified atom stereocenters. The van der Waals surface area contributed by atoms with Crippen LogP contribution in [0.1, 0.15) is 31.4 Å². The molecule has 1 amide bonds. The lowest BCUT2D eigenvalue weighted by atomic mass is 10.1. The summed E-state index contributed by atoms with van der Waals surface area (Å²) in [7, 11) is 0. The summed E-state index contributed by atoms with van der Waals surface area (Å²) < 4.78 is 13.4. The van der Waals surface area contributed by atoms with Gasteiger partial charge in [0.1, 0.15) is 5.82 Å². The van der Waals surface area contributed by atoms with E-state index in [1.807, 2.05) is 0 Å². The number of carbonyl (C=O) groups is 1. The average molecular weight is 244 g/mol. The third kappa shape index (κ3) is 3.81. The van der Waals surface area contributed by atoms with Gasteiger partial charge in [-0.05, 0) is 19.4 Å². The summed E-state index contributed by atoms with van der Waals surface area (Å²) in [6, 6.07) is 6.11. The Morgan fingerprint density at radius 3 is 2.81 bits per heavy atom. The molecule has 88 valence electrons. The summed E-state index contributed by atoms with van der Waals surface area (Å²) in [5, 5.41) is 2.73. The van der Waals surface area contributed by atoms with E-state index >= 15 is 0 Å². The highest BCUT2D eigenvalue weighted by Gasteiger charge is 2.12. The second-order valence-corrected chi connectivity index (χ2v) is 3.98. The van der Waals surface area contributed by atoms with Gasteiger partial charge in [0.05, 0.1) is 6.04 Å². The monoisotopic (exact) mass is 243 g/mol. The van der Waals surface area contributed by atoms with Crippen LogP contribution >= 0.6 is 11.6 Å². The van der Waals surface area contributed by atoms with Crippen molar-refractivity contribution in [3.8, 4) is 0 Å². The topological polar surface area (TPSA) is 29.1 Å². The van der Waals surface area contributed by atoms with Crippen LogP contribution in [-0.4, -0.2) is 11.8 Å². The maximum atomic E-state index is 13.4. The molecule has 1 atom stereocenters. The van der Waals surface area contributed by atoms with Gasteiger partial charge in [-0.3, -0.25) is 4.79 Å². The average Bonchev–Trinajstić information content (AvgIpc) is 2.26. The van der Waals surface area contributed by atoms with E-state index in [-0.39, 0.29) is 17.8 Å². The lowest BCUT2D eigenvalue weighted by Gasteiger charge is -2.14. The van der Waals surface area contributed by atoms with E-state index in [9.17, 15) is 9.18 Å². The van der Waals surface area contributed by atoms with Crippen molar-refractivity contribution in [3.05, 3.63) is 35.6 Å². The second kappa shape index (κ2) is 6.48. The molecule has 0 fully saturated rings. The Balaban J connectivity index is 2.55. The molecule has 0 radical (unpaired) electrons. The molecule has 2 nitrogen and oxygen atoms in total. The Morgan fingerprint density at radius 1 is 1.50 bits per heavy atom. The third-order valence-electron chi connectivity index (χ3n) is 2.29. The third-order valence-corrected chi connectivity index (χ3v) is 2.55. The van der Waals surface area contributed by atoms with Crippen LogP contribution in [-0.2, 0) is 4.79 Å². The zero-order valence-electron chi connectivity index (χ0n) is 9.17. The van der Waals surface area contributed by atoms with Crippen LogP contribution in [0, 0.1) is 5.82 Å². The molecule has 4 heteroatoms. The van der Waals surface area contributed by atoms with Gasteiger partial charge in [0.2, 0.25) is 5.91 Å². The summed E-state index contributed by atoms with van der Waals surface area (Å²) >= 11 is 5.48. The highest BCUT2D eigenvalue weighted by molar-refractivity contribution is 6.17. The molecule has 0 aromatic heterocycles. The van der Waals surface area contributed by atoms with E-state index in [2.05, 4.69) is 5.32 Å². The number of hydrogen-bond donors (Lipinski definition) is 1. The molecule has 0 saturated heterocycles. The van der Waals surface area contributed by atoms with Crippen molar-refractivity contribution in [2.24, 2.45) is 0 Å². The van der Waals surface area contributed by atoms with Crippen LogP contribution in [0.5, 0.6) is 0 Å². The van der Waals surface area contributed by atoms with Crippen LogP contribution in [0.2, 0.25) is 0 Å². The largest absolute Gasteiger partial charge is 0.349 e. The summed E-state index contributed by atoms with van der Waals surface area (Å²) in [4.78, 5) is 11.4. The van der Waals surface area contributed by atoms with Crippen LogP contribution in [0.15, 0.2) is 24.3 Å². The number of benzene rings is 1. The quantitative estimate of drug-likeness (QED) is 0.792. The lowest BCUT2D eigenvalue weighted by molar-refractivity contribution is -0.121. The fourth-order valence-electron chi connectivity index (χ4n) is 1.45. The van der Waals surface area contributed by atoms with Crippen molar-refractivity contribution in [2.45, 2.75) is 25.8 Å². The maximum absolute atomic E-state index is 13.4. The first-order valence-electron chi connectivity index (χ1n) is 5.25. The summed E-state index contributed by atoms with van der Waals surface area (Å²) in [5.74, 6) is 0.0608. The van der Waals surface area contributed by atoms with Crippen LogP contribution < -0.4 is 5.32 Å². The minimum absolute atomic E-state index is 0.101. The minimum Gasteiger partial charge on any atom is -0.349 e. The SMILES string of the molecule is CC(NC(=O)CCCCl)c1ccccc1F. The Bertz CT molecular complexity index is 357. The van der Waals surface area contributed by atoms with Gasteiger partial charge in [-0.1, -0.05) is 18.2 Å². The Kier molecular flexibility index (Phi) is 5.26. The van der Waals surface area contributed by atoms with E-state index in [1.165, 1.54) is 6.07 Å². The number of carbonyl (C=O) groups excluding carboxylic acids is 1. The van der Waals surface area contributed by atoms with Crippen LogP contribution in [0.3, 0.4) is 0 Å². The summed E-state index contributed by atoms with van der Waals surface area (Å²) in [5.41, 5.74) is 0.502. The van der Waals surface area contributed by atoms with Gasteiger partial charge < -0.3 is 5.32 Å². The molecule has 1 aromatic carbocycles. The van der Waals surface area contributed by atoms with E-state index in [1.54, 1.807) is 25.1 Å². The molecule has 16 heavy (non-hydrogen) atoms. The van der Waals surface area contributed by atoms with Gasteiger partial charge in [-0.25, -0.2) is 4.39 Å². The maximum Gasteiger partial charge on any atom is 0.220 e. The first kappa shape index (κ1) is 13.0. The van der Waals surface area contributed by atoms with Crippen molar-refractivity contribution < 1.29 is 9.18 Å².